The quantitative estimate of drug-likeness (QED) is 0.791. The van der Waals surface area contributed by atoms with Gasteiger partial charge in [0.1, 0.15) is 5.60 Å². The number of carbonyl (C=O) groups excluding carboxylic acids is 1. The van der Waals surface area contributed by atoms with Crippen LogP contribution in [0.1, 0.15) is 57.8 Å². The smallest absolute Gasteiger partial charge is 0.389 e. The molecule has 4 nitrogen and oxygen atoms in total. The largest absolute Gasteiger partial charge is 0.389 e. The van der Waals surface area contributed by atoms with Crippen molar-refractivity contribution in [2.45, 2.75) is 69.6 Å². The minimum Gasteiger partial charge on any atom is -0.389 e. The highest BCUT2D eigenvalue weighted by atomic mass is 19.4. The maximum atomic E-state index is 12.2. The first kappa shape index (κ1) is 16.6. The molecule has 130 valence electrons. The number of carbonyl (C=O) groups is 1. The van der Waals surface area contributed by atoms with Gasteiger partial charge in [0.2, 0.25) is 5.91 Å². The highest BCUT2D eigenvalue weighted by Gasteiger charge is 2.44. The molecular formula is C16H23F3N2O2. The molecule has 0 radical (unpaired) electrons. The van der Waals surface area contributed by atoms with Crippen LogP contribution >= 0.6 is 0 Å². The summed E-state index contributed by atoms with van der Waals surface area (Å²) in [4.78, 5) is 19.1. The van der Waals surface area contributed by atoms with Crippen LogP contribution in [-0.2, 0) is 9.63 Å². The Labute approximate surface area is 134 Å². The maximum absolute atomic E-state index is 12.2. The zero-order valence-electron chi connectivity index (χ0n) is 13.2. The third-order valence-corrected chi connectivity index (χ3v) is 5.34. The summed E-state index contributed by atoms with van der Waals surface area (Å²) in [6.45, 7) is 0.925. The Morgan fingerprint density at radius 1 is 1.26 bits per heavy atom. The van der Waals surface area contributed by atoms with E-state index in [2.05, 4.69) is 5.16 Å². The Bertz CT molecular complexity index is 476. The number of rotatable bonds is 3. The molecule has 3 aliphatic rings. The first-order valence-corrected chi connectivity index (χ1v) is 8.46. The molecule has 0 N–H and O–H groups in total. The van der Waals surface area contributed by atoms with E-state index in [0.29, 0.717) is 31.8 Å². The third-order valence-electron chi connectivity index (χ3n) is 5.34. The van der Waals surface area contributed by atoms with Gasteiger partial charge in [0.05, 0.1) is 12.1 Å². The number of hydrogen-bond donors (Lipinski definition) is 0. The first-order valence-electron chi connectivity index (χ1n) is 8.46. The van der Waals surface area contributed by atoms with Gasteiger partial charge in [0.15, 0.2) is 0 Å². The van der Waals surface area contributed by atoms with E-state index in [-0.39, 0.29) is 5.60 Å². The van der Waals surface area contributed by atoms with Crippen molar-refractivity contribution in [1.29, 1.82) is 0 Å². The Kier molecular flexibility index (Phi) is 4.56. The van der Waals surface area contributed by atoms with Gasteiger partial charge in [-0.1, -0.05) is 18.0 Å². The zero-order valence-corrected chi connectivity index (χ0v) is 13.2. The van der Waals surface area contributed by atoms with Crippen LogP contribution in [0.25, 0.3) is 0 Å². The van der Waals surface area contributed by atoms with Crippen LogP contribution in [0.4, 0.5) is 13.2 Å². The number of alkyl halides is 3. The summed E-state index contributed by atoms with van der Waals surface area (Å²) < 4.78 is 36.6. The van der Waals surface area contributed by atoms with E-state index in [1.807, 2.05) is 0 Å². The molecule has 23 heavy (non-hydrogen) atoms. The van der Waals surface area contributed by atoms with Gasteiger partial charge in [-0.25, -0.2) is 0 Å². The number of hydrogen-bond acceptors (Lipinski definition) is 3. The van der Waals surface area contributed by atoms with E-state index in [1.54, 1.807) is 0 Å². The second-order valence-corrected chi connectivity index (χ2v) is 7.01. The molecular weight excluding hydrogens is 309 g/mol. The van der Waals surface area contributed by atoms with Crippen molar-refractivity contribution < 1.29 is 22.8 Å². The SMILES string of the molecule is O=C(CCC(F)(F)F)N1CCC2(CC1)CC(C1CCCC1)=NO2. The van der Waals surface area contributed by atoms with E-state index in [9.17, 15) is 18.0 Å². The normalized spacial score (nSPS) is 24.8. The molecule has 3 rings (SSSR count). The van der Waals surface area contributed by atoms with Crippen molar-refractivity contribution >= 4 is 11.6 Å². The molecule has 0 aromatic rings. The van der Waals surface area contributed by atoms with Crippen LogP contribution in [0.5, 0.6) is 0 Å². The van der Waals surface area contributed by atoms with Gasteiger partial charge in [-0.3, -0.25) is 4.79 Å². The molecule has 0 unspecified atom stereocenters. The summed E-state index contributed by atoms with van der Waals surface area (Å²) in [7, 11) is 0. The Balaban J connectivity index is 1.46. The molecule has 0 bridgehead atoms. The lowest BCUT2D eigenvalue weighted by atomic mass is 9.83. The van der Waals surface area contributed by atoms with Gasteiger partial charge in [-0.15, -0.1) is 0 Å². The van der Waals surface area contributed by atoms with Crippen molar-refractivity contribution in [3.8, 4) is 0 Å². The van der Waals surface area contributed by atoms with Crippen molar-refractivity contribution in [2.24, 2.45) is 11.1 Å². The minimum absolute atomic E-state index is 0.321. The molecule has 2 fully saturated rings. The van der Waals surface area contributed by atoms with Crippen LogP contribution in [0.3, 0.4) is 0 Å². The van der Waals surface area contributed by atoms with E-state index >= 15 is 0 Å². The number of piperidine rings is 1. The Morgan fingerprint density at radius 3 is 2.52 bits per heavy atom. The minimum atomic E-state index is -4.27. The lowest BCUT2D eigenvalue weighted by Crippen LogP contribution is -2.47. The van der Waals surface area contributed by atoms with Crippen LogP contribution in [-0.4, -0.2) is 41.4 Å². The molecule has 0 aromatic heterocycles. The van der Waals surface area contributed by atoms with Gasteiger partial charge in [-0.05, 0) is 12.8 Å². The second-order valence-electron chi connectivity index (χ2n) is 7.01. The zero-order chi connectivity index (χ0) is 16.5. The third kappa shape index (κ3) is 3.98. The molecule has 0 atom stereocenters. The molecule has 1 amide bonds. The summed E-state index contributed by atoms with van der Waals surface area (Å²) >= 11 is 0. The van der Waals surface area contributed by atoms with Crippen molar-refractivity contribution in [1.82, 2.24) is 4.90 Å². The van der Waals surface area contributed by atoms with Gasteiger partial charge in [0.25, 0.3) is 0 Å². The molecule has 2 aliphatic heterocycles. The Morgan fingerprint density at radius 2 is 1.91 bits per heavy atom. The number of nitrogens with zero attached hydrogens (tertiary/aromatic N) is 2. The molecule has 1 saturated heterocycles. The van der Waals surface area contributed by atoms with Crippen LogP contribution in [0, 0.1) is 5.92 Å². The van der Waals surface area contributed by atoms with E-state index in [4.69, 9.17) is 4.84 Å². The number of amides is 1. The fourth-order valence-corrected chi connectivity index (χ4v) is 3.87. The fraction of sp³-hybridized carbons (Fsp3) is 0.875. The van der Waals surface area contributed by atoms with Crippen LogP contribution in [0.2, 0.25) is 0 Å². The lowest BCUT2D eigenvalue weighted by Gasteiger charge is -2.37. The molecule has 0 aromatic carbocycles. The molecule has 1 spiro atoms. The van der Waals surface area contributed by atoms with E-state index in [1.165, 1.54) is 30.6 Å². The molecule has 2 heterocycles. The second kappa shape index (κ2) is 6.32. The Hall–Kier alpha value is -1.27. The lowest BCUT2D eigenvalue weighted by molar-refractivity contribution is -0.152. The van der Waals surface area contributed by atoms with Crippen molar-refractivity contribution in [3.63, 3.8) is 0 Å². The van der Waals surface area contributed by atoms with Gasteiger partial charge in [0, 0.05) is 44.7 Å². The average Bonchev–Trinajstić information content (AvgIpc) is 3.15. The topological polar surface area (TPSA) is 41.9 Å². The monoisotopic (exact) mass is 332 g/mol. The van der Waals surface area contributed by atoms with Crippen molar-refractivity contribution in [2.75, 3.05) is 13.1 Å². The van der Waals surface area contributed by atoms with Gasteiger partial charge >= 0.3 is 6.18 Å². The maximum Gasteiger partial charge on any atom is 0.389 e. The predicted molar refractivity (Wildman–Crippen MR) is 78.9 cm³/mol. The van der Waals surface area contributed by atoms with E-state index < -0.39 is 24.9 Å². The first-order chi connectivity index (χ1) is 10.9. The summed E-state index contributed by atoms with van der Waals surface area (Å²) in [5, 5.41) is 4.30. The highest BCUT2D eigenvalue weighted by Crippen LogP contribution is 2.39. The van der Waals surface area contributed by atoms with Gasteiger partial charge < -0.3 is 9.74 Å². The number of halogens is 3. The van der Waals surface area contributed by atoms with E-state index in [0.717, 1.165) is 12.1 Å². The van der Waals surface area contributed by atoms with Gasteiger partial charge in [-0.2, -0.15) is 13.2 Å². The predicted octanol–water partition coefficient (Wildman–Crippen LogP) is 3.66. The summed E-state index contributed by atoms with van der Waals surface area (Å²) in [5.41, 5.74) is 0.831. The molecule has 7 heteroatoms. The molecule has 1 saturated carbocycles. The number of likely N-dealkylation sites (tertiary alicyclic amines) is 1. The highest BCUT2D eigenvalue weighted by molar-refractivity contribution is 5.88. The summed E-state index contributed by atoms with van der Waals surface area (Å²) in [6, 6.07) is 0. The standard InChI is InChI=1S/C16H23F3N2O2/c17-16(18,19)6-5-14(22)21-9-7-15(8-10-21)11-13(20-23-15)12-3-1-2-4-12/h12H,1-11H2. The van der Waals surface area contributed by atoms with Crippen LogP contribution < -0.4 is 0 Å². The van der Waals surface area contributed by atoms with Crippen molar-refractivity contribution in [3.05, 3.63) is 0 Å². The van der Waals surface area contributed by atoms with Crippen LogP contribution in [0.15, 0.2) is 5.16 Å². The molecule has 1 aliphatic carbocycles. The summed E-state index contributed by atoms with van der Waals surface area (Å²) in [6.07, 6.45) is 1.22. The summed E-state index contributed by atoms with van der Waals surface area (Å²) in [5.74, 6) is 0.132. The average molecular weight is 332 g/mol. The number of oxime groups is 1. The fourth-order valence-electron chi connectivity index (χ4n) is 3.87.